The van der Waals surface area contributed by atoms with E-state index in [0.29, 0.717) is 6.54 Å². The van der Waals surface area contributed by atoms with Crippen molar-refractivity contribution >= 4 is 0 Å². The zero-order chi connectivity index (χ0) is 13.8. The second-order valence-electron chi connectivity index (χ2n) is 4.53. The summed E-state index contributed by atoms with van der Waals surface area (Å²) >= 11 is 0. The van der Waals surface area contributed by atoms with E-state index in [0.717, 1.165) is 22.5 Å². The van der Waals surface area contributed by atoms with E-state index in [1.807, 2.05) is 59.4 Å². The highest BCUT2D eigenvalue weighted by Crippen LogP contribution is 2.23. The molecule has 3 aromatic rings. The van der Waals surface area contributed by atoms with E-state index in [4.69, 9.17) is 10.9 Å². The molecule has 0 aliphatic rings. The zero-order valence-corrected chi connectivity index (χ0v) is 11.0. The number of para-hydroxylation sites is 1. The van der Waals surface area contributed by atoms with Crippen LogP contribution in [0.4, 0.5) is 0 Å². The van der Waals surface area contributed by atoms with Gasteiger partial charge in [0.1, 0.15) is 0 Å². The molecule has 0 aliphatic carbocycles. The summed E-state index contributed by atoms with van der Waals surface area (Å²) in [7, 11) is 0. The lowest BCUT2D eigenvalue weighted by molar-refractivity contribution is 0.742. The van der Waals surface area contributed by atoms with Gasteiger partial charge in [-0.25, -0.2) is 4.68 Å². The Balaban J connectivity index is 2.08. The van der Waals surface area contributed by atoms with E-state index in [-0.39, 0.29) is 0 Å². The van der Waals surface area contributed by atoms with Gasteiger partial charge in [0.15, 0.2) is 0 Å². The van der Waals surface area contributed by atoms with Gasteiger partial charge in [-0.2, -0.15) is 5.10 Å². The Morgan fingerprint density at radius 1 is 0.950 bits per heavy atom. The molecule has 2 aromatic carbocycles. The SMILES string of the molecule is NNCc1cn(-c2ccccc2)nc1-c1ccccc1. The van der Waals surface area contributed by atoms with Crippen LogP contribution in [0.2, 0.25) is 0 Å². The first kappa shape index (κ1) is 12.6. The molecule has 0 saturated heterocycles. The molecule has 0 saturated carbocycles. The average Bonchev–Trinajstić information content (AvgIpc) is 2.94. The highest BCUT2D eigenvalue weighted by atomic mass is 15.3. The van der Waals surface area contributed by atoms with E-state index < -0.39 is 0 Å². The van der Waals surface area contributed by atoms with Crippen molar-refractivity contribution in [2.24, 2.45) is 5.84 Å². The molecule has 1 aromatic heterocycles. The second kappa shape index (κ2) is 5.69. The molecular weight excluding hydrogens is 248 g/mol. The smallest absolute Gasteiger partial charge is 0.0973 e. The van der Waals surface area contributed by atoms with Crippen LogP contribution >= 0.6 is 0 Å². The van der Waals surface area contributed by atoms with Gasteiger partial charge in [-0.1, -0.05) is 48.5 Å². The number of hydrazine groups is 1. The summed E-state index contributed by atoms with van der Waals surface area (Å²) in [6.07, 6.45) is 2.01. The molecule has 0 atom stereocenters. The molecule has 1 heterocycles. The minimum Gasteiger partial charge on any atom is -0.271 e. The zero-order valence-electron chi connectivity index (χ0n) is 11.0. The van der Waals surface area contributed by atoms with Gasteiger partial charge in [-0.05, 0) is 12.1 Å². The maximum absolute atomic E-state index is 5.47. The summed E-state index contributed by atoms with van der Waals surface area (Å²) in [6.45, 7) is 0.580. The minimum absolute atomic E-state index is 0.580. The van der Waals surface area contributed by atoms with Crippen LogP contribution < -0.4 is 11.3 Å². The topological polar surface area (TPSA) is 55.9 Å². The average molecular weight is 264 g/mol. The summed E-state index contributed by atoms with van der Waals surface area (Å²) in [4.78, 5) is 0. The van der Waals surface area contributed by atoms with Gasteiger partial charge in [0, 0.05) is 23.9 Å². The van der Waals surface area contributed by atoms with Crippen LogP contribution in [0.15, 0.2) is 66.9 Å². The molecule has 20 heavy (non-hydrogen) atoms. The van der Waals surface area contributed by atoms with Crippen LogP contribution in [0.3, 0.4) is 0 Å². The van der Waals surface area contributed by atoms with Gasteiger partial charge < -0.3 is 0 Å². The first-order chi connectivity index (χ1) is 9.88. The number of benzene rings is 2. The molecule has 0 fully saturated rings. The standard InChI is InChI=1S/C16H16N4/c17-18-11-14-12-20(15-9-5-2-6-10-15)19-16(14)13-7-3-1-4-8-13/h1-10,12,18H,11,17H2. The number of hydrogen-bond donors (Lipinski definition) is 2. The summed E-state index contributed by atoms with van der Waals surface area (Å²) < 4.78 is 1.88. The Kier molecular flexibility index (Phi) is 3.58. The van der Waals surface area contributed by atoms with Crippen LogP contribution in [-0.2, 0) is 6.54 Å². The molecule has 3 N–H and O–H groups in total. The predicted octanol–water partition coefficient (Wildman–Crippen LogP) is 2.50. The van der Waals surface area contributed by atoms with Crippen molar-refractivity contribution in [1.82, 2.24) is 15.2 Å². The summed E-state index contributed by atoms with van der Waals surface area (Å²) in [5, 5.41) is 4.69. The van der Waals surface area contributed by atoms with Gasteiger partial charge in [0.05, 0.1) is 11.4 Å². The van der Waals surface area contributed by atoms with E-state index in [1.165, 1.54) is 0 Å². The Morgan fingerprint density at radius 2 is 1.60 bits per heavy atom. The van der Waals surface area contributed by atoms with Gasteiger partial charge in [-0.3, -0.25) is 11.3 Å². The van der Waals surface area contributed by atoms with Crippen molar-refractivity contribution in [3.63, 3.8) is 0 Å². The molecule has 100 valence electrons. The third-order valence-corrected chi connectivity index (χ3v) is 3.15. The molecule has 0 amide bonds. The summed E-state index contributed by atoms with van der Waals surface area (Å²) in [6, 6.07) is 20.2. The van der Waals surface area contributed by atoms with E-state index in [2.05, 4.69) is 17.6 Å². The third-order valence-electron chi connectivity index (χ3n) is 3.15. The quantitative estimate of drug-likeness (QED) is 0.562. The molecule has 0 bridgehead atoms. The van der Waals surface area contributed by atoms with E-state index in [1.54, 1.807) is 0 Å². The van der Waals surface area contributed by atoms with Crippen molar-refractivity contribution in [3.05, 3.63) is 72.4 Å². The number of nitrogens with zero attached hydrogens (tertiary/aromatic N) is 2. The maximum Gasteiger partial charge on any atom is 0.0973 e. The van der Waals surface area contributed by atoms with Crippen molar-refractivity contribution in [3.8, 4) is 16.9 Å². The second-order valence-corrected chi connectivity index (χ2v) is 4.53. The fraction of sp³-hybridized carbons (Fsp3) is 0.0625. The molecular formula is C16H16N4. The van der Waals surface area contributed by atoms with Crippen LogP contribution in [0.25, 0.3) is 16.9 Å². The molecule has 0 unspecified atom stereocenters. The van der Waals surface area contributed by atoms with Gasteiger partial charge in [-0.15, -0.1) is 0 Å². The molecule has 4 heteroatoms. The summed E-state index contributed by atoms with van der Waals surface area (Å²) in [5.41, 5.74) is 6.85. The van der Waals surface area contributed by atoms with E-state index >= 15 is 0 Å². The lowest BCUT2D eigenvalue weighted by Crippen LogP contribution is -2.20. The minimum atomic E-state index is 0.580. The number of aromatic nitrogens is 2. The van der Waals surface area contributed by atoms with Crippen LogP contribution in [0.1, 0.15) is 5.56 Å². The van der Waals surface area contributed by atoms with Crippen LogP contribution in [0.5, 0.6) is 0 Å². The fourth-order valence-electron chi connectivity index (χ4n) is 2.20. The molecule has 4 nitrogen and oxygen atoms in total. The third kappa shape index (κ3) is 2.47. The lowest BCUT2D eigenvalue weighted by Gasteiger charge is -2.01. The molecule has 0 aliphatic heterocycles. The molecule has 0 radical (unpaired) electrons. The van der Waals surface area contributed by atoms with Crippen molar-refractivity contribution < 1.29 is 0 Å². The first-order valence-electron chi connectivity index (χ1n) is 6.51. The number of nitrogens with one attached hydrogen (secondary N) is 1. The Hall–Kier alpha value is -2.43. The monoisotopic (exact) mass is 264 g/mol. The number of nitrogens with two attached hydrogens (primary N) is 1. The van der Waals surface area contributed by atoms with Crippen molar-refractivity contribution in [1.29, 1.82) is 0 Å². The maximum atomic E-state index is 5.47. The van der Waals surface area contributed by atoms with Crippen LogP contribution in [-0.4, -0.2) is 9.78 Å². The molecule has 3 rings (SSSR count). The van der Waals surface area contributed by atoms with Crippen LogP contribution in [0, 0.1) is 0 Å². The van der Waals surface area contributed by atoms with Crippen molar-refractivity contribution in [2.75, 3.05) is 0 Å². The Bertz CT molecular complexity index is 674. The largest absolute Gasteiger partial charge is 0.271 e. The highest BCUT2D eigenvalue weighted by molar-refractivity contribution is 5.63. The Labute approximate surface area is 117 Å². The highest BCUT2D eigenvalue weighted by Gasteiger charge is 2.11. The number of rotatable bonds is 4. The molecule has 0 spiro atoms. The van der Waals surface area contributed by atoms with Crippen molar-refractivity contribution in [2.45, 2.75) is 6.54 Å². The van der Waals surface area contributed by atoms with E-state index in [9.17, 15) is 0 Å². The Morgan fingerprint density at radius 3 is 2.25 bits per heavy atom. The number of hydrogen-bond acceptors (Lipinski definition) is 3. The normalized spacial score (nSPS) is 10.7. The predicted molar refractivity (Wildman–Crippen MR) is 80.0 cm³/mol. The van der Waals surface area contributed by atoms with Gasteiger partial charge >= 0.3 is 0 Å². The summed E-state index contributed by atoms with van der Waals surface area (Å²) in [5.74, 6) is 5.47. The fourth-order valence-corrected chi connectivity index (χ4v) is 2.20. The van der Waals surface area contributed by atoms with Gasteiger partial charge in [0.25, 0.3) is 0 Å². The van der Waals surface area contributed by atoms with Gasteiger partial charge in [0.2, 0.25) is 0 Å². The first-order valence-corrected chi connectivity index (χ1v) is 6.51. The lowest BCUT2D eigenvalue weighted by atomic mass is 10.1.